The fourth-order valence-corrected chi connectivity index (χ4v) is 2.68. The van der Waals surface area contributed by atoms with E-state index in [4.69, 9.17) is 11.6 Å². The van der Waals surface area contributed by atoms with Gasteiger partial charge in [-0.05, 0) is 24.1 Å². The predicted molar refractivity (Wildman–Crippen MR) is 80.0 cm³/mol. The number of aliphatic imine (C=N–C) groups is 1. The third kappa shape index (κ3) is 4.19. The van der Waals surface area contributed by atoms with Crippen LogP contribution in [0, 0.1) is 0 Å². The molecule has 0 bridgehead atoms. The van der Waals surface area contributed by atoms with E-state index in [0.29, 0.717) is 0 Å². The van der Waals surface area contributed by atoms with Crippen molar-refractivity contribution in [2.45, 2.75) is 19.1 Å². The highest BCUT2D eigenvalue weighted by Gasteiger charge is 2.11. The van der Waals surface area contributed by atoms with Gasteiger partial charge in [-0.3, -0.25) is 4.90 Å². The molecule has 0 amide bonds. The maximum Gasteiger partial charge on any atom is 0.159 e. The summed E-state index contributed by atoms with van der Waals surface area (Å²) in [6.07, 6.45) is 1.17. The first kappa shape index (κ1) is 13.7. The monoisotopic (exact) mass is 283 g/mol. The molecule has 1 aliphatic rings. The van der Waals surface area contributed by atoms with Gasteiger partial charge < -0.3 is 5.32 Å². The number of rotatable bonds is 4. The maximum atomic E-state index is 5.86. The van der Waals surface area contributed by atoms with E-state index in [2.05, 4.69) is 34.3 Å². The Morgan fingerprint density at radius 2 is 2.17 bits per heavy atom. The van der Waals surface area contributed by atoms with Crippen molar-refractivity contribution >= 4 is 28.5 Å². The lowest BCUT2D eigenvalue weighted by atomic mass is 10.2. The van der Waals surface area contributed by atoms with Gasteiger partial charge in [-0.25, -0.2) is 4.99 Å². The van der Waals surface area contributed by atoms with Crippen molar-refractivity contribution in [2.24, 2.45) is 4.99 Å². The zero-order chi connectivity index (χ0) is 12.8. The zero-order valence-electron chi connectivity index (χ0n) is 10.5. The Morgan fingerprint density at radius 3 is 2.78 bits per heavy atom. The molecule has 18 heavy (non-hydrogen) atoms. The summed E-state index contributed by atoms with van der Waals surface area (Å²) in [7, 11) is 0. The molecule has 0 aliphatic carbocycles. The van der Waals surface area contributed by atoms with E-state index in [1.54, 1.807) is 11.8 Å². The lowest BCUT2D eigenvalue weighted by Crippen LogP contribution is -2.41. The van der Waals surface area contributed by atoms with Crippen molar-refractivity contribution in [3.63, 3.8) is 0 Å². The minimum Gasteiger partial charge on any atom is -0.352 e. The van der Waals surface area contributed by atoms with Crippen LogP contribution in [0.3, 0.4) is 0 Å². The largest absolute Gasteiger partial charge is 0.352 e. The van der Waals surface area contributed by atoms with Gasteiger partial charge in [-0.1, -0.05) is 42.4 Å². The van der Waals surface area contributed by atoms with Gasteiger partial charge in [0.25, 0.3) is 0 Å². The van der Waals surface area contributed by atoms with Crippen LogP contribution >= 0.6 is 23.4 Å². The molecule has 2 rings (SSSR count). The number of hydrogen-bond acceptors (Lipinski definition) is 4. The van der Waals surface area contributed by atoms with Crippen molar-refractivity contribution < 1.29 is 0 Å². The second kappa shape index (κ2) is 7.02. The summed E-state index contributed by atoms with van der Waals surface area (Å²) in [5.41, 5.74) is 1.27. The van der Waals surface area contributed by atoms with Crippen LogP contribution in [0.5, 0.6) is 0 Å². The van der Waals surface area contributed by atoms with Gasteiger partial charge in [-0.2, -0.15) is 0 Å². The van der Waals surface area contributed by atoms with Crippen LogP contribution < -0.4 is 5.32 Å². The summed E-state index contributed by atoms with van der Waals surface area (Å²) in [4.78, 5) is 6.83. The fourth-order valence-electron chi connectivity index (χ4n) is 1.74. The molecular formula is C13H18ClN3S. The van der Waals surface area contributed by atoms with Crippen LogP contribution in [0.15, 0.2) is 29.3 Å². The standard InChI is InChI=1S/C13H18ClN3S/c1-2-7-17-9-15-13(16-10-17)18-8-11-3-5-12(14)6-4-11/h3-6H,2,7-10H2,1H3,(H,15,16). The van der Waals surface area contributed by atoms with Crippen molar-refractivity contribution in [3.8, 4) is 0 Å². The van der Waals surface area contributed by atoms with Crippen LogP contribution in [0.4, 0.5) is 0 Å². The van der Waals surface area contributed by atoms with Crippen molar-refractivity contribution in [1.82, 2.24) is 10.2 Å². The number of halogens is 1. The van der Waals surface area contributed by atoms with Gasteiger partial charge in [0, 0.05) is 17.3 Å². The molecular weight excluding hydrogens is 266 g/mol. The molecule has 0 fully saturated rings. The van der Waals surface area contributed by atoms with E-state index in [1.807, 2.05) is 12.1 Å². The Labute approximate surface area is 118 Å². The molecule has 1 aliphatic heterocycles. The second-order valence-electron chi connectivity index (χ2n) is 4.25. The highest BCUT2D eigenvalue weighted by atomic mass is 35.5. The highest BCUT2D eigenvalue weighted by Crippen LogP contribution is 2.17. The smallest absolute Gasteiger partial charge is 0.159 e. The SMILES string of the molecule is CCCN1CN=C(SCc2ccc(Cl)cc2)NC1. The quantitative estimate of drug-likeness (QED) is 0.920. The number of amidine groups is 1. The van der Waals surface area contributed by atoms with E-state index in [9.17, 15) is 0 Å². The Bertz CT molecular complexity index is 405. The normalized spacial score (nSPS) is 16.2. The lowest BCUT2D eigenvalue weighted by Gasteiger charge is -2.25. The summed E-state index contributed by atoms with van der Waals surface area (Å²) >= 11 is 7.60. The first-order valence-electron chi connectivity index (χ1n) is 6.16. The van der Waals surface area contributed by atoms with Crippen LogP contribution in [0.25, 0.3) is 0 Å². The average molecular weight is 284 g/mol. The lowest BCUT2D eigenvalue weighted by molar-refractivity contribution is 0.267. The summed E-state index contributed by atoms with van der Waals surface area (Å²) in [5.74, 6) is 0.927. The summed E-state index contributed by atoms with van der Waals surface area (Å²) in [5, 5.41) is 5.17. The number of hydrogen-bond donors (Lipinski definition) is 1. The minimum atomic E-state index is 0.784. The molecule has 1 aromatic carbocycles. The van der Waals surface area contributed by atoms with Gasteiger partial charge in [0.2, 0.25) is 0 Å². The molecule has 0 unspecified atom stereocenters. The van der Waals surface area contributed by atoms with Gasteiger partial charge in [0.15, 0.2) is 5.17 Å². The molecule has 0 aromatic heterocycles. The summed E-state index contributed by atoms with van der Waals surface area (Å²) < 4.78 is 0. The van der Waals surface area contributed by atoms with Gasteiger partial charge in [0.1, 0.15) is 0 Å². The summed E-state index contributed by atoms with van der Waals surface area (Å²) in [6.45, 7) is 5.00. The molecule has 0 saturated heterocycles. The second-order valence-corrected chi connectivity index (χ2v) is 5.65. The molecule has 1 aromatic rings. The first-order chi connectivity index (χ1) is 8.78. The highest BCUT2D eigenvalue weighted by molar-refractivity contribution is 8.13. The molecule has 1 heterocycles. The van der Waals surface area contributed by atoms with E-state index >= 15 is 0 Å². The third-order valence-electron chi connectivity index (χ3n) is 2.70. The van der Waals surface area contributed by atoms with E-state index in [-0.39, 0.29) is 0 Å². The predicted octanol–water partition coefficient (Wildman–Crippen LogP) is 3.16. The van der Waals surface area contributed by atoms with Gasteiger partial charge >= 0.3 is 0 Å². The van der Waals surface area contributed by atoms with E-state index in [0.717, 1.165) is 35.8 Å². The van der Waals surface area contributed by atoms with Crippen LogP contribution in [-0.4, -0.2) is 29.9 Å². The number of nitrogens with one attached hydrogen (secondary N) is 1. The first-order valence-corrected chi connectivity index (χ1v) is 7.52. The molecule has 5 heteroatoms. The molecule has 0 saturated carbocycles. The molecule has 0 radical (unpaired) electrons. The van der Waals surface area contributed by atoms with E-state index in [1.165, 1.54) is 12.0 Å². The van der Waals surface area contributed by atoms with Crippen molar-refractivity contribution in [2.75, 3.05) is 19.9 Å². The van der Waals surface area contributed by atoms with Crippen LogP contribution in [0.2, 0.25) is 5.02 Å². The summed E-state index contributed by atoms with van der Waals surface area (Å²) in [6, 6.07) is 7.97. The molecule has 98 valence electrons. The Hall–Kier alpha value is -0.710. The Kier molecular flexibility index (Phi) is 5.35. The minimum absolute atomic E-state index is 0.784. The molecule has 0 spiro atoms. The fraction of sp³-hybridized carbons (Fsp3) is 0.462. The number of nitrogens with zero attached hydrogens (tertiary/aromatic N) is 2. The topological polar surface area (TPSA) is 27.6 Å². The maximum absolute atomic E-state index is 5.86. The van der Waals surface area contributed by atoms with Crippen molar-refractivity contribution in [1.29, 1.82) is 0 Å². The molecule has 3 nitrogen and oxygen atoms in total. The Morgan fingerprint density at radius 1 is 1.39 bits per heavy atom. The van der Waals surface area contributed by atoms with Crippen LogP contribution in [0.1, 0.15) is 18.9 Å². The molecule has 1 N–H and O–H groups in total. The van der Waals surface area contributed by atoms with Gasteiger partial charge in [-0.15, -0.1) is 0 Å². The number of thioether (sulfide) groups is 1. The Balaban J connectivity index is 1.79. The number of benzene rings is 1. The van der Waals surface area contributed by atoms with E-state index < -0.39 is 0 Å². The third-order valence-corrected chi connectivity index (χ3v) is 3.97. The molecule has 0 atom stereocenters. The zero-order valence-corrected chi connectivity index (χ0v) is 12.1. The average Bonchev–Trinajstić information content (AvgIpc) is 2.40. The van der Waals surface area contributed by atoms with Crippen LogP contribution in [-0.2, 0) is 5.75 Å². The van der Waals surface area contributed by atoms with Gasteiger partial charge in [0.05, 0.1) is 13.3 Å². The van der Waals surface area contributed by atoms with Crippen molar-refractivity contribution in [3.05, 3.63) is 34.9 Å².